The molecule has 1 saturated carbocycles. The molecule has 0 atom stereocenters. The molecule has 2 aromatic carbocycles. The predicted octanol–water partition coefficient (Wildman–Crippen LogP) is 3.12. The molecule has 0 unspecified atom stereocenters. The highest BCUT2D eigenvalue weighted by molar-refractivity contribution is 7.89. The normalized spacial score (nSPS) is 13.9. The second kappa shape index (κ2) is 8.67. The van der Waals surface area contributed by atoms with Crippen LogP contribution in [-0.2, 0) is 21.2 Å². The quantitative estimate of drug-likeness (QED) is 0.515. The first-order valence-electron chi connectivity index (χ1n) is 9.30. The van der Waals surface area contributed by atoms with Gasteiger partial charge in [0.2, 0.25) is 10.0 Å². The van der Waals surface area contributed by atoms with Crippen molar-refractivity contribution in [2.45, 2.75) is 43.5 Å². The van der Waals surface area contributed by atoms with Gasteiger partial charge in [0.05, 0.1) is 10.5 Å². The summed E-state index contributed by atoms with van der Waals surface area (Å²) in [5, 5.41) is 0. The number of carbonyl (C=O) groups is 2. The number of nitrogens with one attached hydrogen (secondary N) is 1. The van der Waals surface area contributed by atoms with E-state index < -0.39 is 16.0 Å². The molecule has 0 aromatic heterocycles. The molecule has 0 aliphatic heterocycles. The van der Waals surface area contributed by atoms with Gasteiger partial charge in [0, 0.05) is 11.6 Å². The van der Waals surface area contributed by atoms with E-state index in [1.54, 1.807) is 12.1 Å². The molecule has 0 bridgehead atoms. The van der Waals surface area contributed by atoms with Gasteiger partial charge in [0.25, 0.3) is 0 Å². The van der Waals surface area contributed by atoms with Gasteiger partial charge in [-0.1, -0.05) is 37.6 Å². The first kappa shape index (κ1) is 20.2. The second-order valence-electron chi connectivity index (χ2n) is 6.87. The molecule has 28 heavy (non-hydrogen) atoms. The molecule has 1 fully saturated rings. The number of hydrogen-bond acceptors (Lipinski definition) is 5. The zero-order valence-electron chi connectivity index (χ0n) is 15.7. The van der Waals surface area contributed by atoms with Gasteiger partial charge in [0.15, 0.2) is 12.4 Å². The van der Waals surface area contributed by atoms with Gasteiger partial charge in [-0.3, -0.25) is 4.79 Å². The van der Waals surface area contributed by atoms with E-state index in [0.29, 0.717) is 5.56 Å². The lowest BCUT2D eigenvalue weighted by molar-refractivity contribution is 0.0474. The Kier molecular flexibility index (Phi) is 6.26. The fraction of sp³-hybridized carbons (Fsp3) is 0.333. The highest BCUT2D eigenvalue weighted by Gasteiger charge is 2.28. The SMILES string of the molecule is CCCc1ccc(C(=O)COC(=O)c2ccc(S(=O)(=O)NC3CC3)cc2)cc1. The van der Waals surface area contributed by atoms with Crippen LogP contribution in [0.5, 0.6) is 0 Å². The minimum Gasteiger partial charge on any atom is -0.454 e. The van der Waals surface area contributed by atoms with Crippen LogP contribution in [0.4, 0.5) is 0 Å². The molecule has 1 N–H and O–H groups in total. The number of Topliss-reactive ketones (excluding diaryl/α,β-unsaturated/α-hetero) is 1. The van der Waals surface area contributed by atoms with Gasteiger partial charge in [-0.15, -0.1) is 0 Å². The molecule has 0 heterocycles. The fourth-order valence-corrected chi connectivity index (χ4v) is 4.01. The van der Waals surface area contributed by atoms with E-state index >= 15 is 0 Å². The van der Waals surface area contributed by atoms with Crippen molar-refractivity contribution in [3.05, 3.63) is 65.2 Å². The highest BCUT2D eigenvalue weighted by atomic mass is 32.2. The third-order valence-corrected chi connectivity index (χ3v) is 5.98. The predicted molar refractivity (Wildman–Crippen MR) is 105 cm³/mol. The van der Waals surface area contributed by atoms with Gasteiger partial charge < -0.3 is 4.74 Å². The standard InChI is InChI=1S/C21H23NO5S/c1-2-3-15-4-6-16(7-5-15)20(23)14-27-21(24)17-8-12-19(13-9-17)28(25,26)22-18-10-11-18/h4-9,12-13,18,22H,2-3,10-11,14H2,1H3. The van der Waals surface area contributed by atoms with E-state index in [2.05, 4.69) is 11.6 Å². The van der Waals surface area contributed by atoms with Crippen LogP contribution in [0, 0.1) is 0 Å². The minimum absolute atomic E-state index is 0.0108. The topological polar surface area (TPSA) is 89.5 Å². The van der Waals surface area contributed by atoms with Gasteiger partial charge in [0.1, 0.15) is 0 Å². The van der Waals surface area contributed by atoms with Crippen LogP contribution in [0.2, 0.25) is 0 Å². The van der Waals surface area contributed by atoms with Crippen molar-refractivity contribution in [2.75, 3.05) is 6.61 Å². The van der Waals surface area contributed by atoms with Gasteiger partial charge in [-0.2, -0.15) is 0 Å². The van der Waals surface area contributed by atoms with E-state index in [9.17, 15) is 18.0 Å². The molecule has 0 spiro atoms. The molecule has 1 aliphatic rings. The summed E-state index contributed by atoms with van der Waals surface area (Å²) in [5.41, 5.74) is 1.83. The fourth-order valence-electron chi connectivity index (χ4n) is 2.70. The van der Waals surface area contributed by atoms with Crippen molar-refractivity contribution in [1.82, 2.24) is 4.72 Å². The van der Waals surface area contributed by atoms with Crippen molar-refractivity contribution in [3.63, 3.8) is 0 Å². The maximum absolute atomic E-state index is 12.2. The maximum atomic E-state index is 12.2. The number of esters is 1. The lowest BCUT2D eigenvalue weighted by Gasteiger charge is -2.07. The smallest absolute Gasteiger partial charge is 0.338 e. The van der Waals surface area contributed by atoms with Crippen molar-refractivity contribution in [3.8, 4) is 0 Å². The summed E-state index contributed by atoms with van der Waals surface area (Å²) in [4.78, 5) is 24.4. The van der Waals surface area contributed by atoms with Crippen LogP contribution in [-0.4, -0.2) is 32.8 Å². The molecule has 1 aliphatic carbocycles. The van der Waals surface area contributed by atoms with Crippen molar-refractivity contribution < 1.29 is 22.7 Å². The van der Waals surface area contributed by atoms with Crippen LogP contribution >= 0.6 is 0 Å². The molecule has 0 amide bonds. The molecular weight excluding hydrogens is 378 g/mol. The van der Waals surface area contributed by atoms with E-state index in [1.165, 1.54) is 24.3 Å². The average molecular weight is 401 g/mol. The summed E-state index contributed by atoms with van der Waals surface area (Å²) in [5.74, 6) is -0.959. The Hall–Kier alpha value is -2.51. The lowest BCUT2D eigenvalue weighted by atomic mass is 10.1. The van der Waals surface area contributed by atoms with Crippen molar-refractivity contribution >= 4 is 21.8 Å². The molecule has 148 valence electrons. The Bertz CT molecular complexity index is 945. The molecule has 3 rings (SSSR count). The Morgan fingerprint density at radius 2 is 1.61 bits per heavy atom. The summed E-state index contributed by atoms with van der Waals surface area (Å²) in [6.45, 7) is 1.72. The van der Waals surface area contributed by atoms with Crippen LogP contribution < -0.4 is 4.72 Å². The van der Waals surface area contributed by atoms with Crippen LogP contribution in [0.15, 0.2) is 53.4 Å². The number of ketones is 1. The first-order chi connectivity index (χ1) is 13.4. The Balaban J connectivity index is 1.56. The third-order valence-electron chi connectivity index (χ3n) is 4.45. The monoisotopic (exact) mass is 401 g/mol. The Labute approximate surface area is 165 Å². The van der Waals surface area contributed by atoms with Gasteiger partial charge >= 0.3 is 5.97 Å². The average Bonchev–Trinajstić information content (AvgIpc) is 3.50. The number of carbonyl (C=O) groups excluding carboxylic acids is 2. The first-order valence-corrected chi connectivity index (χ1v) is 10.8. The number of sulfonamides is 1. The molecule has 2 aromatic rings. The largest absolute Gasteiger partial charge is 0.454 e. The van der Waals surface area contributed by atoms with Crippen LogP contribution in [0.3, 0.4) is 0 Å². The van der Waals surface area contributed by atoms with E-state index in [-0.39, 0.29) is 28.9 Å². The molecule has 0 saturated heterocycles. The van der Waals surface area contributed by atoms with Crippen LogP contribution in [0.25, 0.3) is 0 Å². The zero-order chi connectivity index (χ0) is 20.1. The summed E-state index contributed by atoms with van der Waals surface area (Å²) in [7, 11) is -3.57. The number of rotatable bonds is 9. The summed E-state index contributed by atoms with van der Waals surface area (Å²) >= 11 is 0. The Morgan fingerprint density at radius 1 is 1.00 bits per heavy atom. The molecular formula is C21H23NO5S. The van der Waals surface area contributed by atoms with Crippen molar-refractivity contribution in [1.29, 1.82) is 0 Å². The zero-order valence-corrected chi connectivity index (χ0v) is 16.5. The molecule has 6 nitrogen and oxygen atoms in total. The van der Waals surface area contributed by atoms with Gasteiger partial charge in [-0.05, 0) is 49.1 Å². The maximum Gasteiger partial charge on any atom is 0.338 e. The number of hydrogen-bond donors (Lipinski definition) is 1. The Morgan fingerprint density at radius 3 is 2.18 bits per heavy atom. The summed E-state index contributed by atoms with van der Waals surface area (Å²) < 4.78 is 31.9. The van der Waals surface area contributed by atoms with E-state index in [0.717, 1.165) is 31.2 Å². The van der Waals surface area contributed by atoms with Gasteiger partial charge in [-0.25, -0.2) is 17.9 Å². The minimum atomic E-state index is -3.57. The summed E-state index contributed by atoms with van der Waals surface area (Å²) in [6, 6.07) is 12.7. The van der Waals surface area contributed by atoms with Crippen molar-refractivity contribution in [2.24, 2.45) is 0 Å². The third kappa shape index (κ3) is 5.27. The highest BCUT2D eigenvalue weighted by Crippen LogP contribution is 2.22. The molecule has 0 radical (unpaired) electrons. The second-order valence-corrected chi connectivity index (χ2v) is 8.58. The van der Waals surface area contributed by atoms with E-state index in [4.69, 9.17) is 4.74 Å². The number of aryl methyl sites for hydroxylation is 1. The summed E-state index contributed by atoms with van der Waals surface area (Å²) in [6.07, 6.45) is 3.67. The van der Waals surface area contributed by atoms with E-state index in [1.807, 2.05) is 12.1 Å². The molecule has 7 heteroatoms. The van der Waals surface area contributed by atoms with Crippen LogP contribution in [0.1, 0.15) is 52.5 Å². The lowest BCUT2D eigenvalue weighted by Crippen LogP contribution is -2.25. The number of ether oxygens (including phenoxy) is 1. The number of benzene rings is 2.